The Hall–Kier alpha value is -2.94. The summed E-state index contributed by atoms with van der Waals surface area (Å²) >= 11 is 0. The molecule has 0 fully saturated rings. The van der Waals surface area contributed by atoms with E-state index in [9.17, 15) is 9.59 Å². The Balaban J connectivity index is 1.86. The number of carbonyl (C=O) groups is 2. The molecule has 0 bridgehead atoms. The molecule has 0 saturated heterocycles. The van der Waals surface area contributed by atoms with E-state index in [1.54, 1.807) is 0 Å². The van der Waals surface area contributed by atoms with E-state index in [1.807, 2.05) is 47.4 Å². The molecule has 1 aliphatic carbocycles. The smallest absolute Gasteiger partial charge is 0.232 e. The van der Waals surface area contributed by atoms with Crippen molar-refractivity contribution in [1.82, 2.24) is 0 Å². The van der Waals surface area contributed by atoms with Gasteiger partial charge in [-0.2, -0.15) is 0 Å². The van der Waals surface area contributed by atoms with Crippen LogP contribution < -0.4 is 4.90 Å². The maximum Gasteiger partial charge on any atom is 0.232 e. The van der Waals surface area contributed by atoms with Crippen molar-refractivity contribution in [3.8, 4) is 0 Å². The standard InChI is InChI=1S/C28H31NO2/c1-5-21-13-9-10-19(2)27(21)29-23-17-28(3,4)18-24(30)26(23)22(16-25(29)31)15-14-20-11-7-6-8-12-20/h6-15,22H,5,16-18H2,1-4H3/b15-14+. The number of hydrogen-bond acceptors (Lipinski definition) is 2. The zero-order chi connectivity index (χ0) is 22.2. The van der Waals surface area contributed by atoms with E-state index in [2.05, 4.69) is 45.9 Å². The van der Waals surface area contributed by atoms with Gasteiger partial charge < -0.3 is 0 Å². The van der Waals surface area contributed by atoms with Gasteiger partial charge >= 0.3 is 0 Å². The molecule has 1 unspecified atom stereocenters. The molecule has 1 aliphatic heterocycles. The van der Waals surface area contributed by atoms with E-state index in [4.69, 9.17) is 0 Å². The lowest BCUT2D eigenvalue weighted by Crippen LogP contribution is -2.44. The van der Waals surface area contributed by atoms with E-state index >= 15 is 0 Å². The summed E-state index contributed by atoms with van der Waals surface area (Å²) in [6.07, 6.45) is 6.51. The molecule has 2 aliphatic rings. The van der Waals surface area contributed by atoms with Crippen LogP contribution in [0.3, 0.4) is 0 Å². The van der Waals surface area contributed by atoms with Gasteiger partial charge in [0, 0.05) is 30.0 Å². The average Bonchev–Trinajstić information content (AvgIpc) is 2.72. The van der Waals surface area contributed by atoms with Crippen LogP contribution in [0.5, 0.6) is 0 Å². The maximum absolute atomic E-state index is 13.6. The fourth-order valence-electron chi connectivity index (χ4n) is 4.99. The number of nitrogens with zero attached hydrogens (tertiary/aromatic N) is 1. The van der Waals surface area contributed by atoms with Crippen molar-refractivity contribution in [3.05, 3.63) is 82.6 Å². The number of hydrogen-bond donors (Lipinski definition) is 0. The average molecular weight is 414 g/mol. The number of rotatable bonds is 4. The third kappa shape index (κ3) is 4.14. The van der Waals surface area contributed by atoms with Crippen molar-refractivity contribution in [3.63, 3.8) is 0 Å². The predicted molar refractivity (Wildman–Crippen MR) is 127 cm³/mol. The first kappa shape index (κ1) is 21.3. The summed E-state index contributed by atoms with van der Waals surface area (Å²) in [5.41, 5.74) is 5.85. The lowest BCUT2D eigenvalue weighted by Gasteiger charge is -2.43. The van der Waals surface area contributed by atoms with Crippen molar-refractivity contribution >= 4 is 23.5 Å². The zero-order valence-corrected chi connectivity index (χ0v) is 18.9. The predicted octanol–water partition coefficient (Wildman–Crippen LogP) is 6.27. The molecule has 1 amide bonds. The molecular weight excluding hydrogens is 382 g/mol. The molecule has 1 atom stereocenters. The Morgan fingerprint density at radius 3 is 2.48 bits per heavy atom. The molecule has 0 N–H and O–H groups in total. The number of ketones is 1. The van der Waals surface area contributed by atoms with Crippen molar-refractivity contribution in [2.24, 2.45) is 11.3 Å². The number of carbonyl (C=O) groups excluding carboxylic acids is 2. The van der Waals surface area contributed by atoms with Crippen molar-refractivity contribution < 1.29 is 9.59 Å². The van der Waals surface area contributed by atoms with Crippen LogP contribution in [-0.2, 0) is 16.0 Å². The first-order valence-corrected chi connectivity index (χ1v) is 11.2. The summed E-state index contributed by atoms with van der Waals surface area (Å²) in [5.74, 6) is 0.0886. The monoisotopic (exact) mass is 413 g/mol. The molecule has 0 spiro atoms. The highest BCUT2D eigenvalue weighted by atomic mass is 16.2. The largest absolute Gasteiger partial charge is 0.294 e. The Morgan fingerprint density at radius 1 is 1.03 bits per heavy atom. The van der Waals surface area contributed by atoms with Crippen molar-refractivity contribution in [2.75, 3.05) is 4.90 Å². The molecule has 31 heavy (non-hydrogen) atoms. The number of benzene rings is 2. The van der Waals surface area contributed by atoms with Crippen LogP contribution in [0.1, 0.15) is 56.7 Å². The highest BCUT2D eigenvalue weighted by Gasteiger charge is 2.43. The van der Waals surface area contributed by atoms with Gasteiger partial charge in [-0.3, -0.25) is 14.5 Å². The summed E-state index contributed by atoms with van der Waals surface area (Å²) in [6, 6.07) is 16.2. The highest BCUT2D eigenvalue weighted by Crippen LogP contribution is 2.47. The Kier molecular flexibility index (Phi) is 5.70. The highest BCUT2D eigenvalue weighted by molar-refractivity contribution is 6.07. The van der Waals surface area contributed by atoms with Crippen LogP contribution in [0.4, 0.5) is 5.69 Å². The lowest BCUT2D eigenvalue weighted by atomic mass is 9.70. The number of para-hydroxylation sites is 1. The molecule has 0 radical (unpaired) electrons. The Morgan fingerprint density at radius 2 is 1.77 bits per heavy atom. The van der Waals surface area contributed by atoms with Gasteiger partial charge in [-0.15, -0.1) is 0 Å². The summed E-state index contributed by atoms with van der Waals surface area (Å²) in [4.78, 5) is 28.8. The number of allylic oxidation sites excluding steroid dienone is 3. The van der Waals surface area contributed by atoms with Crippen LogP contribution in [0, 0.1) is 18.3 Å². The molecule has 1 heterocycles. The maximum atomic E-state index is 13.6. The van der Waals surface area contributed by atoms with Crippen LogP contribution in [0.25, 0.3) is 6.08 Å². The second-order valence-corrected chi connectivity index (χ2v) is 9.55. The van der Waals surface area contributed by atoms with Gasteiger partial charge in [-0.25, -0.2) is 0 Å². The van der Waals surface area contributed by atoms with E-state index in [1.165, 1.54) is 0 Å². The Bertz CT molecular complexity index is 1080. The van der Waals surface area contributed by atoms with Gasteiger partial charge in [0.05, 0.1) is 5.69 Å². The molecular formula is C28H31NO2. The third-order valence-corrected chi connectivity index (χ3v) is 6.43. The fraction of sp³-hybridized carbons (Fsp3) is 0.357. The second kappa shape index (κ2) is 8.30. The summed E-state index contributed by atoms with van der Waals surface area (Å²) in [6.45, 7) is 8.42. The van der Waals surface area contributed by atoms with Crippen molar-refractivity contribution in [2.45, 2.75) is 53.4 Å². The number of amides is 1. The summed E-state index contributed by atoms with van der Waals surface area (Å²) in [5, 5.41) is 0. The minimum atomic E-state index is -0.170. The topological polar surface area (TPSA) is 37.4 Å². The lowest BCUT2D eigenvalue weighted by molar-refractivity contribution is -0.121. The molecule has 3 nitrogen and oxygen atoms in total. The van der Waals surface area contributed by atoms with E-state index in [0.29, 0.717) is 12.8 Å². The third-order valence-electron chi connectivity index (χ3n) is 6.43. The van der Waals surface area contributed by atoms with Gasteiger partial charge in [0.1, 0.15) is 0 Å². The molecule has 0 aromatic heterocycles. The molecule has 2 aromatic rings. The Labute approximate surface area is 185 Å². The molecule has 0 saturated carbocycles. The van der Waals surface area contributed by atoms with Gasteiger partial charge in [-0.05, 0) is 41.9 Å². The molecule has 160 valence electrons. The summed E-state index contributed by atoms with van der Waals surface area (Å²) in [7, 11) is 0. The van der Waals surface area contributed by atoms with Crippen LogP contribution in [0.2, 0.25) is 0 Å². The zero-order valence-electron chi connectivity index (χ0n) is 18.9. The quantitative estimate of drug-likeness (QED) is 0.593. The minimum Gasteiger partial charge on any atom is -0.294 e. The van der Waals surface area contributed by atoms with Crippen LogP contribution in [0.15, 0.2) is 65.9 Å². The fourth-order valence-corrected chi connectivity index (χ4v) is 4.99. The van der Waals surface area contributed by atoms with Gasteiger partial charge in [0.2, 0.25) is 5.91 Å². The second-order valence-electron chi connectivity index (χ2n) is 9.55. The first-order chi connectivity index (χ1) is 14.8. The minimum absolute atomic E-state index is 0.0796. The van der Waals surface area contributed by atoms with E-state index in [-0.39, 0.29) is 23.0 Å². The number of aryl methyl sites for hydroxylation is 2. The SMILES string of the molecule is CCc1cccc(C)c1N1C(=O)CC(/C=C/c2ccccc2)C2=C1CC(C)(C)CC2=O. The van der Waals surface area contributed by atoms with Crippen molar-refractivity contribution in [1.29, 1.82) is 0 Å². The van der Waals surface area contributed by atoms with E-state index in [0.717, 1.165) is 46.5 Å². The van der Waals surface area contributed by atoms with Gasteiger partial charge in [0.15, 0.2) is 5.78 Å². The van der Waals surface area contributed by atoms with E-state index < -0.39 is 0 Å². The number of Topliss-reactive ketones (excluding diaryl/α,β-unsaturated/α-hetero) is 1. The normalized spacial score (nSPS) is 21.0. The summed E-state index contributed by atoms with van der Waals surface area (Å²) < 4.78 is 0. The van der Waals surface area contributed by atoms with Crippen LogP contribution >= 0.6 is 0 Å². The molecule has 4 rings (SSSR count). The van der Waals surface area contributed by atoms with Crippen LogP contribution in [-0.4, -0.2) is 11.7 Å². The number of anilines is 1. The molecule has 3 heteroatoms. The first-order valence-electron chi connectivity index (χ1n) is 11.2. The molecule has 2 aromatic carbocycles. The van der Waals surface area contributed by atoms with Gasteiger partial charge in [0.25, 0.3) is 0 Å². The van der Waals surface area contributed by atoms with Gasteiger partial charge in [-0.1, -0.05) is 81.5 Å².